The molecule has 10 heavy (non-hydrogen) atoms. The molecule has 0 bridgehead atoms. The van der Waals surface area contributed by atoms with Crippen LogP contribution in [0.4, 0.5) is 0 Å². The Morgan fingerprint density at radius 3 is 2.30 bits per heavy atom. The number of aromatic hydroxyl groups is 1. The Hall–Kier alpha value is -1.35. The maximum atomic E-state index is 10.1. The third kappa shape index (κ3) is 1.56. The monoisotopic (exact) mass is 140 g/mol. The van der Waals surface area contributed by atoms with Gasteiger partial charge in [0.05, 0.1) is 5.56 Å². The molecule has 0 aromatic heterocycles. The quantitative estimate of drug-likeness (QED) is 0.573. The molecule has 1 aromatic rings. The van der Waals surface area contributed by atoms with Crippen molar-refractivity contribution in [3.05, 3.63) is 29.8 Å². The minimum Gasteiger partial charge on any atom is -0.507 e. The molecule has 1 rings (SSSR count). The lowest BCUT2D eigenvalue weighted by molar-refractivity contribution is 0.112. The molecular weight excluding hydrogens is 132 g/mol. The second-order valence-corrected chi connectivity index (χ2v) is 1.68. The van der Waals surface area contributed by atoms with E-state index >= 15 is 0 Å². The topological polar surface area (TPSA) is 68.8 Å². The number of rotatable bonds is 1. The van der Waals surface area contributed by atoms with Crippen LogP contribution in [0.25, 0.3) is 0 Å². The average molecular weight is 140 g/mol. The minimum atomic E-state index is 0. The minimum absolute atomic E-state index is 0. The largest absolute Gasteiger partial charge is 0.507 e. The Morgan fingerprint density at radius 1 is 1.30 bits per heavy atom. The zero-order chi connectivity index (χ0) is 6.69. The maximum Gasteiger partial charge on any atom is 0.153 e. The Balaban J connectivity index is 0.000000810. The summed E-state index contributed by atoms with van der Waals surface area (Å²) in [6, 6.07) is 6.40. The highest BCUT2D eigenvalue weighted by Crippen LogP contribution is 2.11. The Morgan fingerprint density at radius 2 is 1.90 bits per heavy atom. The molecule has 0 spiro atoms. The van der Waals surface area contributed by atoms with Crippen molar-refractivity contribution in [2.75, 3.05) is 0 Å². The molecule has 3 nitrogen and oxygen atoms in total. The first-order valence-corrected chi connectivity index (χ1v) is 2.58. The number of carbonyl (C=O) groups is 1. The van der Waals surface area contributed by atoms with Crippen LogP contribution in [-0.2, 0) is 0 Å². The smallest absolute Gasteiger partial charge is 0.153 e. The van der Waals surface area contributed by atoms with Crippen molar-refractivity contribution in [3.8, 4) is 5.75 Å². The number of phenols is 1. The molecule has 0 radical (unpaired) electrons. The Labute approximate surface area is 58.2 Å². The van der Waals surface area contributed by atoms with Gasteiger partial charge in [0.15, 0.2) is 6.29 Å². The predicted molar refractivity (Wildman–Crippen MR) is 37.1 cm³/mol. The van der Waals surface area contributed by atoms with Gasteiger partial charge in [-0.3, -0.25) is 4.79 Å². The van der Waals surface area contributed by atoms with Crippen LogP contribution in [0, 0.1) is 0 Å². The van der Waals surface area contributed by atoms with Gasteiger partial charge in [0.25, 0.3) is 0 Å². The number of hydrogen-bond donors (Lipinski definition) is 1. The van der Waals surface area contributed by atoms with E-state index in [1.54, 1.807) is 18.2 Å². The Bertz CT molecular complexity index is 220. The van der Waals surface area contributed by atoms with Crippen LogP contribution < -0.4 is 0 Å². The SMILES string of the molecule is O.O=Cc1ccccc1O. The van der Waals surface area contributed by atoms with Crippen molar-refractivity contribution < 1.29 is 15.4 Å². The zero-order valence-electron chi connectivity index (χ0n) is 5.24. The molecule has 0 fully saturated rings. The van der Waals surface area contributed by atoms with Crippen LogP contribution in [0.5, 0.6) is 5.75 Å². The summed E-state index contributed by atoms with van der Waals surface area (Å²) in [5.74, 6) is 0.0347. The standard InChI is InChI=1S/C7H6O2.H2O/c8-5-6-3-1-2-4-7(6)9;/h1-5,9H;1H2. The van der Waals surface area contributed by atoms with Crippen molar-refractivity contribution in [1.82, 2.24) is 0 Å². The highest BCUT2D eigenvalue weighted by Gasteiger charge is 1.93. The van der Waals surface area contributed by atoms with Gasteiger partial charge in [-0.05, 0) is 12.1 Å². The maximum absolute atomic E-state index is 10.1. The van der Waals surface area contributed by atoms with E-state index in [-0.39, 0.29) is 11.2 Å². The van der Waals surface area contributed by atoms with Crippen LogP contribution in [0.2, 0.25) is 0 Å². The van der Waals surface area contributed by atoms with Gasteiger partial charge >= 0.3 is 0 Å². The van der Waals surface area contributed by atoms with Gasteiger partial charge < -0.3 is 10.6 Å². The summed E-state index contributed by atoms with van der Waals surface area (Å²) in [5, 5.41) is 8.88. The van der Waals surface area contributed by atoms with Gasteiger partial charge in [0, 0.05) is 0 Å². The van der Waals surface area contributed by atoms with Gasteiger partial charge in [-0.1, -0.05) is 12.1 Å². The molecule has 0 aliphatic carbocycles. The van der Waals surface area contributed by atoms with E-state index in [9.17, 15) is 4.79 Å². The average Bonchev–Trinajstić information content (AvgIpc) is 1.89. The number of benzene rings is 1. The molecule has 3 heteroatoms. The number of aldehydes is 1. The van der Waals surface area contributed by atoms with Crippen LogP contribution in [0.15, 0.2) is 24.3 Å². The molecule has 0 atom stereocenters. The van der Waals surface area contributed by atoms with E-state index in [0.29, 0.717) is 11.8 Å². The lowest BCUT2D eigenvalue weighted by Crippen LogP contribution is -1.77. The van der Waals surface area contributed by atoms with E-state index in [1.807, 2.05) is 0 Å². The molecule has 1 aromatic carbocycles. The van der Waals surface area contributed by atoms with Crippen molar-refractivity contribution >= 4 is 6.29 Å². The normalized spacial score (nSPS) is 8.00. The molecule has 0 heterocycles. The van der Waals surface area contributed by atoms with E-state index in [1.165, 1.54) is 6.07 Å². The number of carbonyl (C=O) groups excluding carboxylic acids is 1. The first-order chi connectivity index (χ1) is 4.34. The van der Waals surface area contributed by atoms with Crippen molar-refractivity contribution in [3.63, 3.8) is 0 Å². The highest BCUT2D eigenvalue weighted by atomic mass is 16.3. The van der Waals surface area contributed by atoms with Crippen LogP contribution in [0.3, 0.4) is 0 Å². The van der Waals surface area contributed by atoms with Gasteiger partial charge in [0.2, 0.25) is 0 Å². The summed E-state index contributed by atoms with van der Waals surface area (Å²) >= 11 is 0. The summed E-state index contributed by atoms with van der Waals surface area (Å²) in [4.78, 5) is 10.1. The van der Waals surface area contributed by atoms with Crippen molar-refractivity contribution in [2.24, 2.45) is 0 Å². The molecule has 0 aliphatic heterocycles. The highest BCUT2D eigenvalue weighted by molar-refractivity contribution is 5.78. The van der Waals surface area contributed by atoms with Gasteiger partial charge in [-0.25, -0.2) is 0 Å². The molecule has 3 N–H and O–H groups in total. The molecule has 54 valence electrons. The fourth-order valence-electron chi connectivity index (χ4n) is 0.587. The lowest BCUT2D eigenvalue weighted by Gasteiger charge is -1.91. The first-order valence-electron chi connectivity index (χ1n) is 2.58. The summed E-state index contributed by atoms with van der Waals surface area (Å²) in [7, 11) is 0. The fourth-order valence-corrected chi connectivity index (χ4v) is 0.587. The van der Waals surface area contributed by atoms with Gasteiger partial charge in [-0.2, -0.15) is 0 Å². The zero-order valence-corrected chi connectivity index (χ0v) is 5.24. The summed E-state index contributed by atoms with van der Waals surface area (Å²) in [6.45, 7) is 0. The van der Waals surface area contributed by atoms with E-state index in [4.69, 9.17) is 5.11 Å². The number of phenolic OH excluding ortho intramolecular Hbond substituents is 1. The fraction of sp³-hybridized carbons (Fsp3) is 0. The van der Waals surface area contributed by atoms with Crippen LogP contribution in [0.1, 0.15) is 10.4 Å². The number of hydrogen-bond acceptors (Lipinski definition) is 2. The van der Waals surface area contributed by atoms with E-state index in [2.05, 4.69) is 0 Å². The van der Waals surface area contributed by atoms with E-state index < -0.39 is 0 Å². The molecule has 0 unspecified atom stereocenters. The van der Waals surface area contributed by atoms with E-state index in [0.717, 1.165) is 0 Å². The van der Waals surface area contributed by atoms with Gasteiger partial charge in [0.1, 0.15) is 5.75 Å². The summed E-state index contributed by atoms with van der Waals surface area (Å²) in [6.07, 6.45) is 0.620. The molecule has 0 amide bonds. The third-order valence-corrected chi connectivity index (χ3v) is 1.06. The second-order valence-electron chi connectivity index (χ2n) is 1.68. The van der Waals surface area contributed by atoms with Gasteiger partial charge in [-0.15, -0.1) is 0 Å². The second kappa shape index (κ2) is 3.63. The summed E-state index contributed by atoms with van der Waals surface area (Å²) < 4.78 is 0. The Kier molecular flexibility index (Phi) is 3.14. The predicted octanol–water partition coefficient (Wildman–Crippen LogP) is 0.380. The molecular formula is C7H8O3. The summed E-state index contributed by atoms with van der Waals surface area (Å²) in [5.41, 5.74) is 0.331. The lowest BCUT2D eigenvalue weighted by atomic mass is 10.2. The number of para-hydroxylation sites is 1. The first kappa shape index (κ1) is 8.65. The van der Waals surface area contributed by atoms with Crippen LogP contribution in [-0.4, -0.2) is 16.9 Å². The molecule has 0 saturated carbocycles. The van der Waals surface area contributed by atoms with Crippen LogP contribution >= 0.6 is 0 Å². The third-order valence-electron chi connectivity index (χ3n) is 1.06. The molecule has 0 aliphatic rings. The van der Waals surface area contributed by atoms with Crippen molar-refractivity contribution in [2.45, 2.75) is 0 Å². The van der Waals surface area contributed by atoms with Crippen molar-refractivity contribution in [1.29, 1.82) is 0 Å². The molecule has 0 saturated heterocycles.